The summed E-state index contributed by atoms with van der Waals surface area (Å²) in [6, 6.07) is 6.32. The van der Waals surface area contributed by atoms with Crippen LogP contribution in [-0.2, 0) is 14.8 Å². The maximum atomic E-state index is 12.7. The lowest BCUT2D eigenvalue weighted by atomic mass is 9.94. The van der Waals surface area contributed by atoms with Crippen molar-refractivity contribution in [2.24, 2.45) is 11.8 Å². The fourth-order valence-electron chi connectivity index (χ4n) is 3.00. The van der Waals surface area contributed by atoms with Crippen molar-refractivity contribution in [3.8, 4) is 0 Å². The molecule has 0 aromatic heterocycles. The van der Waals surface area contributed by atoms with Gasteiger partial charge in [0.1, 0.15) is 0 Å². The first kappa shape index (κ1) is 17.7. The summed E-state index contributed by atoms with van der Waals surface area (Å²) in [4.78, 5) is 11.8. The fraction of sp³-hybridized carbons (Fsp3) is 0.471. The topological polar surface area (TPSA) is 66.5 Å². The molecule has 1 N–H and O–H groups in total. The monoisotopic (exact) mass is 336 g/mol. The number of anilines is 1. The van der Waals surface area contributed by atoms with Crippen LogP contribution in [0.5, 0.6) is 0 Å². The number of hydrogen-bond donors (Lipinski definition) is 1. The second kappa shape index (κ2) is 7.27. The first-order valence-corrected chi connectivity index (χ1v) is 9.31. The Kier molecular flexibility index (Phi) is 5.59. The van der Waals surface area contributed by atoms with Crippen LogP contribution in [-0.4, -0.2) is 31.7 Å². The van der Waals surface area contributed by atoms with Crippen molar-refractivity contribution in [2.75, 3.05) is 18.4 Å². The number of nitrogens with zero attached hydrogens (tertiary/aromatic N) is 1. The fourth-order valence-corrected chi connectivity index (χ4v) is 4.68. The molecule has 1 amide bonds. The van der Waals surface area contributed by atoms with E-state index in [1.165, 1.54) is 6.08 Å². The third-order valence-electron chi connectivity index (χ3n) is 3.91. The van der Waals surface area contributed by atoms with E-state index in [0.29, 0.717) is 30.6 Å². The van der Waals surface area contributed by atoms with E-state index in [-0.39, 0.29) is 10.8 Å². The molecule has 0 bridgehead atoms. The van der Waals surface area contributed by atoms with E-state index in [2.05, 4.69) is 19.2 Å². The summed E-state index contributed by atoms with van der Waals surface area (Å²) in [6.07, 6.45) is 4.12. The molecule has 0 radical (unpaired) electrons. The Morgan fingerprint density at radius 2 is 1.74 bits per heavy atom. The number of benzene rings is 1. The minimum absolute atomic E-state index is 0.234. The van der Waals surface area contributed by atoms with Crippen LogP contribution in [0.1, 0.15) is 27.2 Å². The minimum atomic E-state index is -3.48. The van der Waals surface area contributed by atoms with E-state index < -0.39 is 10.0 Å². The molecule has 0 aliphatic carbocycles. The van der Waals surface area contributed by atoms with E-state index in [1.54, 1.807) is 41.6 Å². The van der Waals surface area contributed by atoms with E-state index >= 15 is 0 Å². The number of carbonyl (C=O) groups excluding carboxylic acids is 1. The third kappa shape index (κ3) is 4.42. The highest BCUT2D eigenvalue weighted by Crippen LogP contribution is 2.27. The van der Waals surface area contributed by atoms with Gasteiger partial charge in [-0.2, -0.15) is 4.31 Å². The second-order valence-corrected chi connectivity index (χ2v) is 8.22. The zero-order valence-corrected chi connectivity index (χ0v) is 14.6. The predicted octanol–water partition coefficient (Wildman–Crippen LogP) is 2.87. The van der Waals surface area contributed by atoms with Gasteiger partial charge in [-0.05, 0) is 55.5 Å². The summed E-state index contributed by atoms with van der Waals surface area (Å²) >= 11 is 0. The Morgan fingerprint density at radius 3 is 2.26 bits per heavy atom. The molecule has 1 heterocycles. The highest BCUT2D eigenvalue weighted by atomic mass is 32.2. The Morgan fingerprint density at radius 1 is 1.17 bits per heavy atom. The Labute approximate surface area is 138 Å². The molecule has 1 aromatic rings. The summed E-state index contributed by atoms with van der Waals surface area (Å²) in [5, 5.41) is 2.68. The lowest BCUT2D eigenvalue weighted by Gasteiger charge is -2.34. The van der Waals surface area contributed by atoms with Crippen molar-refractivity contribution < 1.29 is 13.2 Å². The van der Waals surface area contributed by atoms with Gasteiger partial charge >= 0.3 is 0 Å². The molecular formula is C17H24N2O3S. The first-order valence-electron chi connectivity index (χ1n) is 7.87. The maximum Gasteiger partial charge on any atom is 0.248 e. The SMILES string of the molecule is C/C=C/C(=O)Nc1ccc(S(=O)(=O)N2C[C@H](C)C[C@@H](C)C2)cc1. The third-order valence-corrected chi connectivity index (χ3v) is 5.76. The number of nitrogens with one attached hydrogen (secondary N) is 1. The van der Waals surface area contributed by atoms with Gasteiger partial charge in [-0.25, -0.2) is 8.42 Å². The number of piperidine rings is 1. The molecule has 2 atom stereocenters. The first-order chi connectivity index (χ1) is 10.8. The number of rotatable bonds is 4. The van der Waals surface area contributed by atoms with Crippen LogP contribution in [0.2, 0.25) is 0 Å². The number of hydrogen-bond acceptors (Lipinski definition) is 3. The largest absolute Gasteiger partial charge is 0.323 e. The summed E-state index contributed by atoms with van der Waals surface area (Å²) in [5.41, 5.74) is 0.576. The molecule has 23 heavy (non-hydrogen) atoms. The molecule has 2 rings (SSSR count). The van der Waals surface area contributed by atoms with E-state index in [4.69, 9.17) is 0 Å². The van der Waals surface area contributed by atoms with Gasteiger partial charge in [0.25, 0.3) is 0 Å². The molecule has 1 aliphatic heterocycles. The van der Waals surface area contributed by atoms with Gasteiger partial charge in [0, 0.05) is 18.8 Å². The van der Waals surface area contributed by atoms with Gasteiger partial charge in [-0.15, -0.1) is 0 Å². The molecule has 5 nitrogen and oxygen atoms in total. The standard InChI is InChI=1S/C17H24N2O3S/c1-4-5-17(20)18-15-6-8-16(9-7-15)23(21,22)19-11-13(2)10-14(3)12-19/h4-9,13-14H,10-12H2,1-3H3,(H,18,20)/b5-4+/t13-,14-/m1/s1. The molecule has 0 unspecified atom stereocenters. The zero-order valence-electron chi connectivity index (χ0n) is 13.8. The van der Waals surface area contributed by atoms with Gasteiger partial charge in [-0.3, -0.25) is 4.79 Å². The van der Waals surface area contributed by atoms with Crippen LogP contribution in [0.15, 0.2) is 41.3 Å². The quantitative estimate of drug-likeness (QED) is 0.860. The summed E-state index contributed by atoms with van der Waals surface area (Å²) in [5.74, 6) is 0.502. The van der Waals surface area contributed by atoms with Gasteiger partial charge in [0.15, 0.2) is 0 Å². The number of amides is 1. The molecule has 1 aliphatic rings. The van der Waals surface area contributed by atoms with Crippen molar-refractivity contribution in [3.05, 3.63) is 36.4 Å². The van der Waals surface area contributed by atoms with Crippen LogP contribution in [0.4, 0.5) is 5.69 Å². The molecule has 6 heteroatoms. The van der Waals surface area contributed by atoms with Crippen LogP contribution < -0.4 is 5.32 Å². The Bertz CT molecular complexity index is 670. The Hall–Kier alpha value is -1.66. The van der Waals surface area contributed by atoms with Crippen molar-refractivity contribution in [2.45, 2.75) is 32.1 Å². The zero-order chi connectivity index (χ0) is 17.0. The van der Waals surface area contributed by atoms with Crippen LogP contribution in [0, 0.1) is 11.8 Å². The van der Waals surface area contributed by atoms with Gasteiger partial charge in [0.05, 0.1) is 4.90 Å². The molecular weight excluding hydrogens is 312 g/mol. The summed E-state index contributed by atoms with van der Waals surface area (Å²) in [6.45, 7) is 7.05. The second-order valence-electron chi connectivity index (χ2n) is 6.28. The van der Waals surface area contributed by atoms with Crippen LogP contribution in [0.3, 0.4) is 0 Å². The van der Waals surface area contributed by atoms with Crippen molar-refractivity contribution in [3.63, 3.8) is 0 Å². The lowest BCUT2D eigenvalue weighted by Crippen LogP contribution is -2.42. The van der Waals surface area contributed by atoms with Crippen molar-refractivity contribution in [1.82, 2.24) is 4.31 Å². The van der Waals surface area contributed by atoms with Gasteiger partial charge in [-0.1, -0.05) is 19.9 Å². The van der Waals surface area contributed by atoms with E-state index in [1.807, 2.05) is 0 Å². The number of allylic oxidation sites excluding steroid dienone is 1. The summed E-state index contributed by atoms with van der Waals surface area (Å²) in [7, 11) is -3.48. The van der Waals surface area contributed by atoms with Crippen molar-refractivity contribution >= 4 is 21.6 Å². The van der Waals surface area contributed by atoms with Crippen LogP contribution >= 0.6 is 0 Å². The highest BCUT2D eigenvalue weighted by Gasteiger charge is 2.31. The molecule has 1 aromatic carbocycles. The number of carbonyl (C=O) groups is 1. The van der Waals surface area contributed by atoms with E-state index in [9.17, 15) is 13.2 Å². The number of sulfonamides is 1. The Balaban J connectivity index is 2.15. The molecule has 126 valence electrons. The summed E-state index contributed by atoms with van der Waals surface area (Å²) < 4.78 is 27.1. The smallest absolute Gasteiger partial charge is 0.248 e. The highest BCUT2D eigenvalue weighted by molar-refractivity contribution is 7.89. The maximum absolute atomic E-state index is 12.7. The van der Waals surface area contributed by atoms with Crippen molar-refractivity contribution in [1.29, 1.82) is 0 Å². The van der Waals surface area contributed by atoms with Gasteiger partial charge < -0.3 is 5.32 Å². The normalized spacial score (nSPS) is 23.1. The minimum Gasteiger partial charge on any atom is -0.323 e. The average molecular weight is 336 g/mol. The van der Waals surface area contributed by atoms with Gasteiger partial charge in [0.2, 0.25) is 15.9 Å². The van der Waals surface area contributed by atoms with Crippen LogP contribution in [0.25, 0.3) is 0 Å². The molecule has 1 saturated heterocycles. The predicted molar refractivity (Wildman–Crippen MR) is 91.6 cm³/mol. The molecule has 0 spiro atoms. The molecule has 1 fully saturated rings. The van der Waals surface area contributed by atoms with E-state index in [0.717, 1.165) is 6.42 Å². The molecule has 0 saturated carbocycles. The lowest BCUT2D eigenvalue weighted by molar-refractivity contribution is -0.111. The average Bonchev–Trinajstić information content (AvgIpc) is 2.47.